The Balaban J connectivity index is 1.97. The zero-order chi connectivity index (χ0) is 18.5. The van der Waals surface area contributed by atoms with E-state index < -0.39 is 0 Å². The van der Waals surface area contributed by atoms with Crippen LogP contribution in [0.5, 0.6) is 0 Å². The van der Waals surface area contributed by atoms with Crippen molar-refractivity contribution in [2.45, 2.75) is 87.2 Å². The van der Waals surface area contributed by atoms with Crippen LogP contribution in [0.4, 0.5) is 0 Å². The molecule has 3 heteroatoms. The topological polar surface area (TPSA) is 43.4 Å². The smallest absolute Gasteiger partial charge is 0.309 e. The highest BCUT2D eigenvalue weighted by Gasteiger charge is 2.63. The average Bonchev–Trinajstić information content (AvgIpc) is 2.78. The van der Waals surface area contributed by atoms with Crippen LogP contribution in [-0.4, -0.2) is 17.9 Å². The fourth-order valence-corrected chi connectivity index (χ4v) is 4.56. The lowest BCUT2D eigenvalue weighted by Crippen LogP contribution is -2.40. The molecule has 0 aromatic rings. The summed E-state index contributed by atoms with van der Waals surface area (Å²) in [6.45, 7) is 16.6. The number of carbonyl (C=O) groups is 2. The largest absolute Gasteiger partial charge is 0.462 e. The van der Waals surface area contributed by atoms with E-state index in [1.165, 1.54) is 6.42 Å². The minimum atomic E-state index is -0.347. The lowest BCUT2D eigenvalue weighted by molar-refractivity contribution is -0.163. The van der Waals surface area contributed by atoms with Crippen LogP contribution < -0.4 is 0 Å². The van der Waals surface area contributed by atoms with Crippen LogP contribution in [0.25, 0.3) is 0 Å². The summed E-state index contributed by atoms with van der Waals surface area (Å²) in [5.74, 6) is 0.530. The number of hydrogen-bond donors (Lipinski definition) is 0. The maximum Gasteiger partial charge on any atom is 0.309 e. The molecule has 0 spiro atoms. The highest BCUT2D eigenvalue weighted by atomic mass is 16.5. The maximum atomic E-state index is 12.7. The van der Waals surface area contributed by atoms with Crippen molar-refractivity contribution in [2.24, 2.45) is 34.0 Å². The van der Waals surface area contributed by atoms with E-state index in [2.05, 4.69) is 20.8 Å². The Labute approximate surface area is 147 Å². The summed E-state index contributed by atoms with van der Waals surface area (Å²) in [6, 6.07) is 0. The number of rotatable bonds is 5. The molecule has 138 valence electrons. The molecule has 0 amide bonds. The van der Waals surface area contributed by atoms with Crippen LogP contribution in [0, 0.1) is 34.0 Å². The molecule has 0 aromatic carbocycles. The van der Waals surface area contributed by atoms with E-state index in [9.17, 15) is 9.59 Å². The van der Waals surface area contributed by atoms with Crippen molar-refractivity contribution in [1.82, 2.24) is 0 Å². The Morgan fingerprint density at radius 3 is 2.17 bits per heavy atom. The van der Waals surface area contributed by atoms with Crippen LogP contribution in [-0.2, 0) is 14.3 Å². The van der Waals surface area contributed by atoms with Gasteiger partial charge in [-0.3, -0.25) is 9.59 Å². The van der Waals surface area contributed by atoms with Gasteiger partial charge in [0.15, 0.2) is 0 Å². The van der Waals surface area contributed by atoms with Gasteiger partial charge in [0.2, 0.25) is 0 Å². The van der Waals surface area contributed by atoms with Crippen molar-refractivity contribution in [3.05, 3.63) is 0 Å². The normalized spacial score (nSPS) is 34.0. The second kappa shape index (κ2) is 6.14. The van der Waals surface area contributed by atoms with Crippen molar-refractivity contribution in [1.29, 1.82) is 0 Å². The number of hydrogen-bond acceptors (Lipinski definition) is 3. The van der Waals surface area contributed by atoms with Crippen LogP contribution in [0.2, 0.25) is 0 Å². The van der Waals surface area contributed by atoms with Gasteiger partial charge in [-0.2, -0.15) is 0 Å². The van der Waals surface area contributed by atoms with E-state index in [-0.39, 0.29) is 45.9 Å². The molecule has 0 N–H and O–H groups in total. The van der Waals surface area contributed by atoms with Gasteiger partial charge in [-0.15, -0.1) is 0 Å². The lowest BCUT2D eigenvalue weighted by Gasteiger charge is -2.39. The second-order valence-corrected chi connectivity index (χ2v) is 10.2. The van der Waals surface area contributed by atoms with Crippen molar-refractivity contribution in [2.75, 3.05) is 0 Å². The Kier molecular flexibility index (Phi) is 4.98. The van der Waals surface area contributed by atoms with Gasteiger partial charge in [0.1, 0.15) is 11.9 Å². The number of Topliss-reactive ketones (excluding diaryl/α,β-unsaturated/α-hetero) is 1. The summed E-state index contributed by atoms with van der Waals surface area (Å²) in [5, 5.41) is 0. The second-order valence-electron chi connectivity index (χ2n) is 10.2. The molecule has 3 nitrogen and oxygen atoms in total. The summed E-state index contributed by atoms with van der Waals surface area (Å²) in [4.78, 5) is 24.9. The molecular formula is C21H36O3. The van der Waals surface area contributed by atoms with Crippen molar-refractivity contribution in [3.63, 3.8) is 0 Å². The Morgan fingerprint density at radius 1 is 1.17 bits per heavy atom. The average molecular weight is 337 g/mol. The molecule has 0 radical (unpaired) electrons. The third-order valence-corrected chi connectivity index (χ3v) is 7.54. The minimum absolute atomic E-state index is 0.0173. The summed E-state index contributed by atoms with van der Waals surface area (Å²) in [7, 11) is 0. The van der Waals surface area contributed by atoms with E-state index >= 15 is 0 Å². The molecule has 2 rings (SSSR count). The maximum absolute atomic E-state index is 12.7. The standard InChI is InChI=1S/C21H36O3/c1-13(11-16(22)19(3,4)5)14(2)18(23)24-17-12-15-9-10-21(17,8)20(15,6)7/h13-15,17H,9-12H2,1-8H3. The SMILES string of the molecule is CC(CC(=O)C(C)(C)C)C(C)C(=O)OC1CC2CCC1(C)C2(C)C. The van der Waals surface area contributed by atoms with Gasteiger partial charge >= 0.3 is 5.97 Å². The van der Waals surface area contributed by atoms with Crippen LogP contribution in [0.15, 0.2) is 0 Å². The highest BCUT2D eigenvalue weighted by molar-refractivity contribution is 5.84. The molecule has 2 saturated carbocycles. The molecule has 2 aliphatic carbocycles. The Bertz CT molecular complexity index is 514. The molecule has 0 saturated heterocycles. The van der Waals surface area contributed by atoms with Gasteiger partial charge in [-0.05, 0) is 36.5 Å². The molecule has 5 atom stereocenters. The van der Waals surface area contributed by atoms with Crippen LogP contribution in [0.1, 0.15) is 81.1 Å². The number of ketones is 1. The predicted molar refractivity (Wildman–Crippen MR) is 96.5 cm³/mol. The van der Waals surface area contributed by atoms with E-state index in [0.29, 0.717) is 12.3 Å². The zero-order valence-corrected chi connectivity index (χ0v) is 16.9. The number of ether oxygens (including phenoxy) is 1. The van der Waals surface area contributed by atoms with E-state index in [1.54, 1.807) is 0 Å². The fraction of sp³-hybridized carbons (Fsp3) is 0.905. The summed E-state index contributed by atoms with van der Waals surface area (Å²) < 4.78 is 5.98. The van der Waals surface area contributed by atoms with Crippen LogP contribution >= 0.6 is 0 Å². The van der Waals surface area contributed by atoms with Gasteiger partial charge in [-0.1, -0.05) is 55.4 Å². The molecule has 0 aromatic heterocycles. The first-order valence-electron chi connectivity index (χ1n) is 9.54. The zero-order valence-electron chi connectivity index (χ0n) is 16.9. The summed E-state index contributed by atoms with van der Waals surface area (Å²) >= 11 is 0. The molecular weight excluding hydrogens is 300 g/mol. The first-order valence-corrected chi connectivity index (χ1v) is 9.54. The van der Waals surface area contributed by atoms with Gasteiger partial charge in [0.25, 0.3) is 0 Å². The van der Waals surface area contributed by atoms with Gasteiger partial charge in [0.05, 0.1) is 5.92 Å². The molecule has 2 aliphatic rings. The summed E-state index contributed by atoms with van der Waals surface area (Å²) in [6.07, 6.45) is 3.87. The van der Waals surface area contributed by atoms with E-state index in [0.717, 1.165) is 12.8 Å². The highest BCUT2D eigenvalue weighted by Crippen LogP contribution is 2.66. The number of fused-ring (bicyclic) bond motifs is 2. The van der Waals surface area contributed by atoms with E-state index in [4.69, 9.17) is 4.74 Å². The summed E-state index contributed by atoms with van der Waals surface area (Å²) in [5.41, 5.74) is -0.00744. The fourth-order valence-electron chi connectivity index (χ4n) is 4.56. The van der Waals surface area contributed by atoms with Crippen LogP contribution in [0.3, 0.4) is 0 Å². The van der Waals surface area contributed by atoms with Gasteiger partial charge in [-0.25, -0.2) is 0 Å². The molecule has 5 unspecified atom stereocenters. The third kappa shape index (κ3) is 3.15. The first kappa shape index (κ1) is 19.5. The monoisotopic (exact) mass is 336 g/mol. The quantitative estimate of drug-likeness (QED) is 0.662. The van der Waals surface area contributed by atoms with Crippen molar-refractivity contribution >= 4 is 11.8 Å². The predicted octanol–water partition coefficient (Wildman–Crippen LogP) is 5.02. The molecule has 2 bridgehead atoms. The Hall–Kier alpha value is -0.860. The number of esters is 1. The Morgan fingerprint density at radius 2 is 1.75 bits per heavy atom. The minimum Gasteiger partial charge on any atom is -0.462 e. The third-order valence-electron chi connectivity index (χ3n) is 7.54. The van der Waals surface area contributed by atoms with Gasteiger partial charge < -0.3 is 4.74 Å². The first-order chi connectivity index (χ1) is 10.8. The number of carbonyl (C=O) groups excluding carboxylic acids is 2. The van der Waals surface area contributed by atoms with Gasteiger partial charge in [0, 0.05) is 17.3 Å². The van der Waals surface area contributed by atoms with Crippen molar-refractivity contribution < 1.29 is 14.3 Å². The van der Waals surface area contributed by atoms with E-state index in [1.807, 2.05) is 34.6 Å². The molecule has 0 heterocycles. The lowest BCUT2D eigenvalue weighted by atomic mass is 9.70. The molecule has 24 heavy (non-hydrogen) atoms. The molecule has 2 fully saturated rings. The van der Waals surface area contributed by atoms with Crippen molar-refractivity contribution in [3.8, 4) is 0 Å². The molecule has 0 aliphatic heterocycles.